The summed E-state index contributed by atoms with van der Waals surface area (Å²) in [6, 6.07) is 5.93. The average molecular weight is 302 g/mol. The van der Waals surface area contributed by atoms with Gasteiger partial charge in [-0.15, -0.1) is 6.58 Å². The highest BCUT2D eigenvalue weighted by atomic mass is 16.3. The van der Waals surface area contributed by atoms with E-state index >= 15 is 0 Å². The quantitative estimate of drug-likeness (QED) is 0.818. The summed E-state index contributed by atoms with van der Waals surface area (Å²) in [7, 11) is 0. The number of nitrogens with zero attached hydrogens (tertiary/aromatic N) is 1. The Kier molecular flexibility index (Phi) is 5.61. The maximum absolute atomic E-state index is 12.6. The third-order valence-corrected chi connectivity index (χ3v) is 4.25. The van der Waals surface area contributed by atoms with Gasteiger partial charge in [0, 0.05) is 12.2 Å². The molecule has 1 heterocycles. The highest BCUT2D eigenvalue weighted by molar-refractivity contribution is 5.91. The predicted octanol–water partition coefficient (Wildman–Crippen LogP) is 3.53. The van der Waals surface area contributed by atoms with E-state index in [1.165, 1.54) is 0 Å². The van der Waals surface area contributed by atoms with E-state index in [2.05, 4.69) is 31.8 Å². The van der Waals surface area contributed by atoms with Crippen LogP contribution in [-0.4, -0.2) is 35.2 Å². The van der Waals surface area contributed by atoms with Crippen molar-refractivity contribution in [3.8, 4) is 0 Å². The first-order valence-electron chi connectivity index (χ1n) is 7.99. The summed E-state index contributed by atoms with van der Waals surface area (Å²) >= 11 is 0. The van der Waals surface area contributed by atoms with Crippen LogP contribution in [0, 0.1) is 0 Å². The molecule has 1 atom stereocenters. The first-order valence-corrected chi connectivity index (χ1v) is 7.99. The number of carbonyl (C=O) groups excluding carboxylic acids is 1. The molecule has 1 aliphatic rings. The van der Waals surface area contributed by atoms with E-state index < -0.39 is 0 Å². The fourth-order valence-electron chi connectivity index (χ4n) is 3.05. The van der Waals surface area contributed by atoms with Gasteiger partial charge in [-0.25, -0.2) is 4.79 Å². The molecule has 0 aliphatic carbocycles. The van der Waals surface area contributed by atoms with Crippen LogP contribution in [0.4, 0.5) is 10.5 Å². The van der Waals surface area contributed by atoms with Crippen molar-refractivity contribution in [3.63, 3.8) is 0 Å². The fourth-order valence-corrected chi connectivity index (χ4v) is 3.05. The number of allylic oxidation sites excluding steroid dienone is 1. The molecule has 0 saturated carbocycles. The molecule has 4 nitrogen and oxygen atoms in total. The van der Waals surface area contributed by atoms with Gasteiger partial charge in [0.1, 0.15) is 0 Å². The summed E-state index contributed by atoms with van der Waals surface area (Å²) in [5.74, 6) is 0.326. The smallest absolute Gasteiger partial charge is 0.322 e. The lowest BCUT2D eigenvalue weighted by atomic mass is 9.96. The van der Waals surface area contributed by atoms with Crippen LogP contribution in [0.1, 0.15) is 43.7 Å². The van der Waals surface area contributed by atoms with Crippen LogP contribution in [0.15, 0.2) is 30.9 Å². The molecule has 2 N–H and O–H groups in total. The number of aliphatic hydroxyl groups excluding tert-OH is 1. The molecule has 0 bridgehead atoms. The molecular formula is C18H26N2O2. The highest BCUT2D eigenvalue weighted by Crippen LogP contribution is 2.29. The fraction of sp³-hybridized carbons (Fsp3) is 0.500. The van der Waals surface area contributed by atoms with E-state index in [9.17, 15) is 9.90 Å². The minimum Gasteiger partial charge on any atom is -0.394 e. The molecule has 22 heavy (non-hydrogen) atoms. The van der Waals surface area contributed by atoms with Crippen LogP contribution in [0.2, 0.25) is 0 Å². The molecule has 1 aromatic carbocycles. The number of hydrogen-bond donors (Lipinski definition) is 2. The van der Waals surface area contributed by atoms with Crippen LogP contribution in [-0.2, 0) is 6.42 Å². The minimum atomic E-state index is -0.116. The van der Waals surface area contributed by atoms with Crippen LogP contribution in [0.5, 0.6) is 0 Å². The van der Waals surface area contributed by atoms with Gasteiger partial charge in [-0.2, -0.15) is 0 Å². The highest BCUT2D eigenvalue weighted by Gasteiger charge is 2.28. The zero-order valence-corrected chi connectivity index (χ0v) is 13.5. The van der Waals surface area contributed by atoms with Gasteiger partial charge in [-0.05, 0) is 36.3 Å². The van der Waals surface area contributed by atoms with E-state index in [0.29, 0.717) is 12.5 Å². The number of rotatable bonds is 5. The molecule has 4 heteroatoms. The maximum Gasteiger partial charge on any atom is 0.322 e. The van der Waals surface area contributed by atoms with E-state index in [4.69, 9.17) is 0 Å². The first-order chi connectivity index (χ1) is 10.6. The monoisotopic (exact) mass is 302 g/mol. The largest absolute Gasteiger partial charge is 0.394 e. The molecule has 1 fully saturated rings. The molecule has 0 spiro atoms. The summed E-state index contributed by atoms with van der Waals surface area (Å²) in [4.78, 5) is 14.3. The minimum absolute atomic E-state index is 0.0265. The number of aliphatic hydroxyl groups is 1. The van der Waals surface area contributed by atoms with Gasteiger partial charge >= 0.3 is 6.03 Å². The SMILES string of the molecule is C=CCc1cccc(C(C)C)c1NC(=O)N1CCCC1CO. The van der Waals surface area contributed by atoms with Crippen LogP contribution in [0.3, 0.4) is 0 Å². The normalized spacial score (nSPS) is 17.8. The molecule has 120 valence electrons. The van der Waals surface area contributed by atoms with Gasteiger partial charge in [-0.1, -0.05) is 38.1 Å². The third kappa shape index (κ3) is 3.50. The van der Waals surface area contributed by atoms with Crippen molar-refractivity contribution < 1.29 is 9.90 Å². The van der Waals surface area contributed by atoms with Crippen molar-refractivity contribution in [3.05, 3.63) is 42.0 Å². The van der Waals surface area contributed by atoms with Crippen LogP contribution in [0.25, 0.3) is 0 Å². The average Bonchev–Trinajstić information content (AvgIpc) is 2.97. The molecular weight excluding hydrogens is 276 g/mol. The maximum atomic E-state index is 12.6. The van der Waals surface area contributed by atoms with Crippen molar-refractivity contribution in [1.82, 2.24) is 4.90 Å². The number of urea groups is 1. The Morgan fingerprint density at radius 2 is 2.32 bits per heavy atom. The number of hydrogen-bond acceptors (Lipinski definition) is 2. The second-order valence-corrected chi connectivity index (χ2v) is 6.13. The summed E-state index contributed by atoms with van der Waals surface area (Å²) in [5.41, 5.74) is 3.10. The second-order valence-electron chi connectivity index (χ2n) is 6.13. The van der Waals surface area contributed by atoms with Gasteiger partial charge in [0.05, 0.1) is 12.6 Å². The van der Waals surface area contributed by atoms with Gasteiger partial charge in [-0.3, -0.25) is 0 Å². The molecule has 2 amide bonds. The summed E-state index contributed by atoms with van der Waals surface area (Å²) in [6.07, 6.45) is 4.39. The number of benzene rings is 1. The lowest BCUT2D eigenvalue weighted by Crippen LogP contribution is -2.40. The number of nitrogens with one attached hydrogen (secondary N) is 1. The van der Waals surface area contributed by atoms with Crippen LogP contribution < -0.4 is 5.32 Å². The zero-order chi connectivity index (χ0) is 16.1. The summed E-state index contributed by atoms with van der Waals surface area (Å²) in [5, 5.41) is 12.5. The third-order valence-electron chi connectivity index (χ3n) is 4.25. The first kappa shape index (κ1) is 16.6. The summed E-state index contributed by atoms with van der Waals surface area (Å²) < 4.78 is 0. The Bertz CT molecular complexity index is 540. The Morgan fingerprint density at radius 1 is 1.55 bits per heavy atom. The van der Waals surface area contributed by atoms with Crippen molar-refractivity contribution in [2.75, 3.05) is 18.5 Å². The molecule has 1 unspecified atom stereocenters. The summed E-state index contributed by atoms with van der Waals surface area (Å²) in [6.45, 7) is 8.77. The Hall–Kier alpha value is -1.81. The Labute approximate surface area is 132 Å². The molecule has 2 rings (SSSR count). The van der Waals surface area contributed by atoms with Crippen molar-refractivity contribution in [1.29, 1.82) is 0 Å². The van der Waals surface area contributed by atoms with Gasteiger partial charge in [0.2, 0.25) is 0 Å². The molecule has 0 aromatic heterocycles. The zero-order valence-electron chi connectivity index (χ0n) is 13.5. The molecule has 0 radical (unpaired) electrons. The van der Waals surface area contributed by atoms with Gasteiger partial charge in [0.25, 0.3) is 0 Å². The lowest BCUT2D eigenvalue weighted by molar-refractivity contribution is 0.166. The van der Waals surface area contributed by atoms with E-state index in [1.54, 1.807) is 4.90 Å². The number of likely N-dealkylation sites (tertiary alicyclic amines) is 1. The van der Waals surface area contributed by atoms with Crippen LogP contribution >= 0.6 is 0 Å². The molecule has 1 saturated heterocycles. The Morgan fingerprint density at radius 3 is 2.95 bits per heavy atom. The number of amides is 2. The number of anilines is 1. The van der Waals surface area contributed by atoms with Crippen molar-refractivity contribution in [2.24, 2.45) is 0 Å². The van der Waals surface area contributed by atoms with Crippen molar-refractivity contribution in [2.45, 2.75) is 45.1 Å². The van der Waals surface area contributed by atoms with E-state index in [-0.39, 0.29) is 18.7 Å². The topological polar surface area (TPSA) is 52.6 Å². The van der Waals surface area contributed by atoms with Gasteiger partial charge < -0.3 is 15.3 Å². The molecule has 1 aliphatic heterocycles. The van der Waals surface area contributed by atoms with Gasteiger partial charge in [0.15, 0.2) is 0 Å². The van der Waals surface area contributed by atoms with Crippen molar-refractivity contribution >= 4 is 11.7 Å². The lowest BCUT2D eigenvalue weighted by Gasteiger charge is -2.25. The second kappa shape index (κ2) is 7.45. The van der Waals surface area contributed by atoms with E-state index in [1.807, 2.05) is 18.2 Å². The standard InChI is InChI=1S/C18H26N2O2/c1-4-7-14-8-5-10-16(13(2)3)17(14)19-18(22)20-11-6-9-15(20)12-21/h4-5,8,10,13,15,21H,1,6-7,9,11-12H2,2-3H3,(H,19,22). The Balaban J connectivity index is 2.27. The predicted molar refractivity (Wildman–Crippen MR) is 90.3 cm³/mol. The number of para-hydroxylation sites is 1. The molecule has 1 aromatic rings. The number of carbonyl (C=O) groups is 1. The van der Waals surface area contributed by atoms with E-state index in [0.717, 1.165) is 36.1 Å².